The molecule has 0 aliphatic heterocycles. The van der Waals surface area contributed by atoms with Crippen LogP contribution in [0.15, 0.2) is 0 Å². The molecule has 1 saturated carbocycles. The summed E-state index contributed by atoms with van der Waals surface area (Å²) in [7, 11) is 0. The highest BCUT2D eigenvalue weighted by Gasteiger charge is 2.34. The van der Waals surface area contributed by atoms with Crippen molar-refractivity contribution in [3.8, 4) is 0 Å². The van der Waals surface area contributed by atoms with E-state index in [1.54, 1.807) is 0 Å². The molecule has 0 radical (unpaired) electrons. The molecule has 1 aliphatic carbocycles. The predicted molar refractivity (Wildman–Crippen MR) is 70.9 cm³/mol. The minimum atomic E-state index is -0.163. The van der Waals surface area contributed by atoms with Gasteiger partial charge in [0.2, 0.25) is 0 Å². The molecule has 1 rings (SSSR count). The van der Waals surface area contributed by atoms with Crippen molar-refractivity contribution < 1.29 is 4.79 Å². The number of nitrogens with two attached hydrogens (primary N) is 1. The Morgan fingerprint density at radius 1 is 1.35 bits per heavy atom. The fraction of sp³-hybridized carbons (Fsp3) is 0.923. The van der Waals surface area contributed by atoms with E-state index in [1.165, 1.54) is 19.3 Å². The van der Waals surface area contributed by atoms with Crippen molar-refractivity contribution >= 4 is 6.03 Å². The zero-order valence-electron chi connectivity index (χ0n) is 11.2. The lowest BCUT2D eigenvalue weighted by Crippen LogP contribution is -2.58. The molecule has 17 heavy (non-hydrogen) atoms. The van der Waals surface area contributed by atoms with E-state index < -0.39 is 0 Å². The molecule has 0 heterocycles. The molecule has 100 valence electrons. The smallest absolute Gasteiger partial charge is 0.315 e. The lowest BCUT2D eigenvalue weighted by atomic mass is 9.75. The first-order chi connectivity index (χ1) is 8.15. The Bertz CT molecular complexity index is 235. The summed E-state index contributed by atoms with van der Waals surface area (Å²) >= 11 is 0. The van der Waals surface area contributed by atoms with E-state index in [1.807, 2.05) is 6.92 Å². The van der Waals surface area contributed by atoms with E-state index in [2.05, 4.69) is 17.6 Å². The van der Waals surface area contributed by atoms with Crippen molar-refractivity contribution in [1.82, 2.24) is 10.6 Å². The molecule has 0 aromatic carbocycles. The molecule has 0 spiro atoms. The van der Waals surface area contributed by atoms with Crippen LogP contribution >= 0.6 is 0 Å². The van der Waals surface area contributed by atoms with E-state index in [4.69, 9.17) is 5.73 Å². The topological polar surface area (TPSA) is 67.2 Å². The maximum absolute atomic E-state index is 11.7. The van der Waals surface area contributed by atoms with Crippen LogP contribution in [0.3, 0.4) is 0 Å². The third-order valence-electron chi connectivity index (χ3n) is 3.94. The minimum Gasteiger partial charge on any atom is -0.338 e. The van der Waals surface area contributed by atoms with E-state index >= 15 is 0 Å². The molecule has 1 fully saturated rings. The average Bonchev–Trinajstić information content (AvgIpc) is 2.37. The van der Waals surface area contributed by atoms with Gasteiger partial charge in [0.05, 0.1) is 5.54 Å². The van der Waals surface area contributed by atoms with Gasteiger partial charge >= 0.3 is 6.03 Å². The molecule has 0 aromatic rings. The van der Waals surface area contributed by atoms with Crippen LogP contribution in [0.5, 0.6) is 0 Å². The first-order valence-corrected chi connectivity index (χ1v) is 6.92. The largest absolute Gasteiger partial charge is 0.338 e. The van der Waals surface area contributed by atoms with Crippen LogP contribution in [0.1, 0.15) is 52.4 Å². The molecule has 2 amide bonds. The zero-order valence-corrected chi connectivity index (χ0v) is 11.2. The summed E-state index contributed by atoms with van der Waals surface area (Å²) in [5, 5.41) is 5.94. The number of hydrogen-bond acceptors (Lipinski definition) is 2. The van der Waals surface area contributed by atoms with Crippen molar-refractivity contribution in [1.29, 1.82) is 0 Å². The predicted octanol–water partition coefficient (Wildman–Crippen LogP) is 1.99. The molecule has 4 heteroatoms. The molecule has 0 aromatic heterocycles. The number of amides is 2. The Balaban J connectivity index is 2.44. The highest BCUT2D eigenvalue weighted by Crippen LogP contribution is 2.33. The molecule has 0 unspecified atom stereocenters. The summed E-state index contributed by atoms with van der Waals surface area (Å²) in [6, 6.07) is -0.0627. The first-order valence-electron chi connectivity index (χ1n) is 6.92. The van der Waals surface area contributed by atoms with Crippen molar-refractivity contribution in [3.63, 3.8) is 0 Å². The summed E-state index contributed by atoms with van der Waals surface area (Å²) in [5.74, 6) is 0.815. The minimum absolute atomic E-state index is 0.0627. The molecular weight excluding hydrogens is 214 g/mol. The lowest BCUT2D eigenvalue weighted by Gasteiger charge is -2.39. The number of carbonyl (C=O) groups is 1. The van der Waals surface area contributed by atoms with Crippen molar-refractivity contribution in [2.24, 2.45) is 11.7 Å². The second-order valence-corrected chi connectivity index (χ2v) is 5.22. The van der Waals surface area contributed by atoms with E-state index in [0.29, 0.717) is 6.54 Å². The molecular formula is C13H27N3O. The second kappa shape index (κ2) is 6.84. The third-order valence-corrected chi connectivity index (χ3v) is 3.94. The van der Waals surface area contributed by atoms with Crippen molar-refractivity contribution in [2.45, 2.75) is 57.9 Å². The van der Waals surface area contributed by atoms with Gasteiger partial charge in [-0.3, -0.25) is 0 Å². The Kier molecular flexibility index (Phi) is 5.75. The number of carbonyl (C=O) groups excluding carboxylic acids is 1. The summed E-state index contributed by atoms with van der Waals surface area (Å²) in [6.45, 7) is 5.56. The normalized spacial score (nSPS) is 28.8. The molecule has 0 bridgehead atoms. The Labute approximate surface area is 105 Å². The zero-order chi connectivity index (χ0) is 12.7. The summed E-state index contributed by atoms with van der Waals surface area (Å²) in [4.78, 5) is 11.7. The van der Waals surface area contributed by atoms with Gasteiger partial charge in [-0.1, -0.05) is 20.3 Å². The fourth-order valence-corrected chi connectivity index (χ4v) is 2.54. The van der Waals surface area contributed by atoms with E-state index in [9.17, 15) is 4.79 Å². The second-order valence-electron chi connectivity index (χ2n) is 5.22. The molecule has 4 nitrogen and oxygen atoms in total. The van der Waals surface area contributed by atoms with Gasteiger partial charge in [0, 0.05) is 13.1 Å². The monoisotopic (exact) mass is 241 g/mol. The van der Waals surface area contributed by atoms with Crippen LogP contribution in [0.25, 0.3) is 0 Å². The molecule has 4 N–H and O–H groups in total. The lowest BCUT2D eigenvalue weighted by molar-refractivity contribution is 0.182. The van der Waals surface area contributed by atoms with E-state index in [-0.39, 0.29) is 11.6 Å². The summed E-state index contributed by atoms with van der Waals surface area (Å²) < 4.78 is 0. The first kappa shape index (κ1) is 14.3. The van der Waals surface area contributed by atoms with Crippen molar-refractivity contribution in [3.05, 3.63) is 0 Å². The standard InChI is InChI=1S/C13H27N3O/c1-3-9-15-12(17)16-13(10-14)7-5-11(4-2)6-8-13/h11H,3-10,14H2,1-2H3,(H2,15,16,17). The van der Waals surface area contributed by atoms with Gasteiger partial charge in [-0.25, -0.2) is 4.79 Å². The van der Waals surface area contributed by atoms with Crippen LogP contribution < -0.4 is 16.4 Å². The number of urea groups is 1. The van der Waals surface area contributed by atoms with Gasteiger partial charge in [-0.2, -0.15) is 0 Å². The van der Waals surface area contributed by atoms with Crippen LogP contribution in [-0.2, 0) is 0 Å². The maximum Gasteiger partial charge on any atom is 0.315 e. The number of rotatable bonds is 5. The van der Waals surface area contributed by atoms with Crippen molar-refractivity contribution in [2.75, 3.05) is 13.1 Å². The van der Waals surface area contributed by atoms with Crippen LogP contribution in [-0.4, -0.2) is 24.7 Å². The highest BCUT2D eigenvalue weighted by atomic mass is 16.2. The third kappa shape index (κ3) is 4.19. The van der Waals surface area contributed by atoms with Gasteiger partial charge in [0.1, 0.15) is 0 Å². The van der Waals surface area contributed by atoms with Gasteiger partial charge in [0.25, 0.3) is 0 Å². The van der Waals surface area contributed by atoms with Crippen LogP contribution in [0, 0.1) is 5.92 Å². The molecule has 0 saturated heterocycles. The molecule has 0 atom stereocenters. The van der Waals surface area contributed by atoms with Crippen LogP contribution in [0.2, 0.25) is 0 Å². The quantitative estimate of drug-likeness (QED) is 0.689. The summed E-state index contributed by atoms with van der Waals surface area (Å²) in [5.41, 5.74) is 5.70. The van der Waals surface area contributed by atoms with Gasteiger partial charge < -0.3 is 16.4 Å². The number of hydrogen-bond donors (Lipinski definition) is 3. The SMILES string of the molecule is CCCNC(=O)NC1(CN)CCC(CC)CC1. The Hall–Kier alpha value is -0.770. The maximum atomic E-state index is 11.7. The Morgan fingerprint density at radius 2 is 2.00 bits per heavy atom. The number of nitrogens with one attached hydrogen (secondary N) is 2. The molecule has 1 aliphatic rings. The average molecular weight is 241 g/mol. The van der Waals surface area contributed by atoms with Gasteiger partial charge in [-0.15, -0.1) is 0 Å². The van der Waals surface area contributed by atoms with Gasteiger partial charge in [-0.05, 0) is 38.0 Å². The van der Waals surface area contributed by atoms with Gasteiger partial charge in [0.15, 0.2) is 0 Å². The summed E-state index contributed by atoms with van der Waals surface area (Å²) in [6.07, 6.45) is 6.59. The van der Waals surface area contributed by atoms with Crippen LogP contribution in [0.4, 0.5) is 4.79 Å². The Morgan fingerprint density at radius 3 is 2.47 bits per heavy atom. The fourth-order valence-electron chi connectivity index (χ4n) is 2.54. The van der Waals surface area contributed by atoms with E-state index in [0.717, 1.165) is 31.7 Å². The highest BCUT2D eigenvalue weighted by molar-refractivity contribution is 5.74.